The van der Waals surface area contributed by atoms with Crippen molar-refractivity contribution in [3.63, 3.8) is 0 Å². The van der Waals surface area contributed by atoms with E-state index in [1.165, 1.54) is 9.40 Å². The first kappa shape index (κ1) is 31.6. The number of fused-ring (bicyclic) bond motifs is 1. The second kappa shape index (κ2) is 10.1. The molecule has 0 amide bonds. The SMILES string of the molecule is CC(C)(C)C1=CC(=c2sc3c(Br)c(=C4C=C(C(C)(C)C)C(=O)C(C(C)(C)C)=C4)sc3c2Br)C=C(C(C)(C)C)C1=O. The van der Waals surface area contributed by atoms with Gasteiger partial charge in [0.2, 0.25) is 0 Å². The molecule has 0 bridgehead atoms. The first-order valence-corrected chi connectivity index (χ1v) is 16.9. The second-order valence-electron chi connectivity index (χ2n) is 14.9. The van der Waals surface area contributed by atoms with Crippen LogP contribution in [0, 0.1) is 21.7 Å². The molecule has 0 unspecified atom stereocenters. The van der Waals surface area contributed by atoms with Crippen molar-refractivity contribution in [2.75, 3.05) is 0 Å². The van der Waals surface area contributed by atoms with Crippen LogP contribution in [0.3, 0.4) is 0 Å². The Morgan fingerprint density at radius 1 is 0.475 bits per heavy atom. The summed E-state index contributed by atoms with van der Waals surface area (Å²) in [4.78, 5) is 27.0. The number of allylic oxidation sites excluding steroid dienone is 8. The molecule has 0 N–H and O–H groups in total. The van der Waals surface area contributed by atoms with Crippen LogP contribution in [0.25, 0.3) is 20.5 Å². The number of rotatable bonds is 0. The summed E-state index contributed by atoms with van der Waals surface area (Å²) in [6.45, 7) is 25.3. The highest BCUT2D eigenvalue weighted by molar-refractivity contribution is 9.11. The Morgan fingerprint density at radius 2 is 0.700 bits per heavy atom. The molecule has 0 aliphatic heterocycles. The van der Waals surface area contributed by atoms with Gasteiger partial charge in [0, 0.05) is 22.3 Å². The average Bonchev–Trinajstić information content (AvgIpc) is 3.27. The van der Waals surface area contributed by atoms with E-state index in [1.54, 1.807) is 22.7 Å². The zero-order valence-electron chi connectivity index (χ0n) is 25.7. The number of carbonyl (C=O) groups excluding carboxylic acids is 2. The molecule has 0 aromatic carbocycles. The summed E-state index contributed by atoms with van der Waals surface area (Å²) >= 11 is 11.4. The summed E-state index contributed by atoms with van der Waals surface area (Å²) in [5, 5.41) is 0. The van der Waals surface area contributed by atoms with Gasteiger partial charge in [0.25, 0.3) is 0 Å². The van der Waals surface area contributed by atoms with E-state index in [4.69, 9.17) is 0 Å². The predicted octanol–water partition coefficient (Wildman–Crippen LogP) is 9.84. The summed E-state index contributed by atoms with van der Waals surface area (Å²) in [5.41, 5.74) is 4.50. The van der Waals surface area contributed by atoms with E-state index in [1.807, 2.05) is 0 Å². The number of hydrogen-bond acceptors (Lipinski definition) is 4. The Hall–Kier alpha value is -1.34. The summed E-state index contributed by atoms with van der Waals surface area (Å²) in [5.74, 6) is 0.292. The van der Waals surface area contributed by atoms with Crippen molar-refractivity contribution in [1.29, 1.82) is 0 Å². The van der Waals surface area contributed by atoms with Gasteiger partial charge in [-0.2, -0.15) is 0 Å². The highest BCUT2D eigenvalue weighted by Gasteiger charge is 2.36. The number of hydrogen-bond donors (Lipinski definition) is 0. The van der Waals surface area contributed by atoms with Gasteiger partial charge in [-0.05, 0) is 89.0 Å². The zero-order valence-corrected chi connectivity index (χ0v) is 30.5. The average molecular weight is 705 g/mol. The predicted molar refractivity (Wildman–Crippen MR) is 181 cm³/mol. The van der Waals surface area contributed by atoms with Gasteiger partial charge in [-0.3, -0.25) is 9.59 Å². The van der Waals surface area contributed by atoms with E-state index in [0.29, 0.717) is 0 Å². The van der Waals surface area contributed by atoms with Crippen molar-refractivity contribution in [3.8, 4) is 0 Å². The van der Waals surface area contributed by atoms with Crippen LogP contribution in [0.2, 0.25) is 0 Å². The van der Waals surface area contributed by atoms with Crippen molar-refractivity contribution >= 4 is 86.6 Å². The fourth-order valence-electron chi connectivity index (χ4n) is 5.00. The fraction of sp³-hybridized carbons (Fsp3) is 0.471. The lowest BCUT2D eigenvalue weighted by atomic mass is 9.72. The topological polar surface area (TPSA) is 34.1 Å². The normalized spacial score (nSPS) is 17.9. The van der Waals surface area contributed by atoms with Crippen LogP contribution in [0.4, 0.5) is 0 Å². The number of thiophene rings is 2. The minimum Gasteiger partial charge on any atom is -0.289 e. The molecule has 0 fully saturated rings. The molecule has 0 saturated carbocycles. The molecule has 2 aliphatic rings. The van der Waals surface area contributed by atoms with E-state index in [-0.39, 0.29) is 33.2 Å². The Bertz CT molecular complexity index is 1500. The van der Waals surface area contributed by atoms with Crippen molar-refractivity contribution < 1.29 is 9.59 Å². The number of halogens is 2. The summed E-state index contributed by atoms with van der Waals surface area (Å²) < 4.78 is 6.70. The summed E-state index contributed by atoms with van der Waals surface area (Å²) in [6.07, 6.45) is 8.35. The van der Waals surface area contributed by atoms with Gasteiger partial charge in [0.05, 0.1) is 27.4 Å². The maximum absolute atomic E-state index is 13.5. The van der Waals surface area contributed by atoms with E-state index in [9.17, 15) is 9.59 Å². The third kappa shape index (κ3) is 5.67. The molecule has 0 atom stereocenters. The highest BCUT2D eigenvalue weighted by Crippen LogP contribution is 2.43. The fourth-order valence-corrected chi connectivity index (χ4v) is 9.50. The van der Waals surface area contributed by atoms with Crippen LogP contribution in [0.15, 0.2) is 55.5 Å². The van der Waals surface area contributed by atoms with Crippen molar-refractivity contribution in [2.45, 2.75) is 83.1 Å². The molecule has 2 aliphatic carbocycles. The number of carbonyl (C=O) groups is 2. The minimum atomic E-state index is -0.259. The molecular weight excluding hydrogens is 664 g/mol. The van der Waals surface area contributed by atoms with Crippen molar-refractivity contribution in [3.05, 3.63) is 64.6 Å². The molecule has 0 radical (unpaired) electrons. The standard InChI is InChI=1S/C34H40Br2O2S2/c1-31(2,3)19-13-17(14-20(25(19)37)32(4,5)6)27-23(35)29-30(39-27)24(36)28(40-29)18-15-21(33(7,8)9)26(38)22(16-18)34(10,11)12/h13-16H,1-12H3. The molecule has 6 heteroatoms. The van der Waals surface area contributed by atoms with E-state index in [0.717, 1.165) is 51.4 Å². The van der Waals surface area contributed by atoms with Gasteiger partial charge in [0.1, 0.15) is 0 Å². The lowest BCUT2D eigenvalue weighted by Gasteiger charge is -2.31. The largest absolute Gasteiger partial charge is 0.289 e. The molecule has 2 aromatic heterocycles. The monoisotopic (exact) mass is 702 g/mol. The lowest BCUT2D eigenvalue weighted by Crippen LogP contribution is -2.28. The van der Waals surface area contributed by atoms with Crippen molar-refractivity contribution in [1.82, 2.24) is 0 Å². The third-order valence-electron chi connectivity index (χ3n) is 7.35. The molecule has 0 spiro atoms. The van der Waals surface area contributed by atoms with E-state index < -0.39 is 0 Å². The number of ketones is 2. The Labute approximate surface area is 264 Å². The maximum atomic E-state index is 13.5. The first-order chi connectivity index (χ1) is 18.0. The van der Waals surface area contributed by atoms with Gasteiger partial charge in [0.15, 0.2) is 11.6 Å². The van der Waals surface area contributed by atoms with Gasteiger partial charge < -0.3 is 0 Å². The molecule has 40 heavy (non-hydrogen) atoms. The molecule has 0 saturated heterocycles. The number of Topliss-reactive ketones (excluding diaryl/α,β-unsaturated/α-hetero) is 2. The molecule has 2 heterocycles. The van der Waals surface area contributed by atoms with Crippen LogP contribution < -0.4 is 9.06 Å². The quantitative estimate of drug-likeness (QED) is 0.274. The van der Waals surface area contributed by atoms with E-state index >= 15 is 0 Å². The Morgan fingerprint density at radius 3 is 0.900 bits per heavy atom. The van der Waals surface area contributed by atoms with Crippen LogP contribution in [0.5, 0.6) is 0 Å². The van der Waals surface area contributed by atoms with Crippen LogP contribution in [0.1, 0.15) is 83.1 Å². The summed E-state index contributed by atoms with van der Waals surface area (Å²) in [7, 11) is 0. The second-order valence-corrected chi connectivity index (χ2v) is 18.6. The molecular formula is C34H40Br2O2S2. The third-order valence-corrected chi connectivity index (χ3v) is 12.6. The van der Waals surface area contributed by atoms with Gasteiger partial charge in [-0.1, -0.05) is 83.1 Å². The maximum Gasteiger partial charge on any atom is 0.186 e. The van der Waals surface area contributed by atoms with Gasteiger partial charge in [-0.15, -0.1) is 22.7 Å². The van der Waals surface area contributed by atoms with Crippen molar-refractivity contribution in [2.24, 2.45) is 21.7 Å². The molecule has 214 valence electrons. The molecule has 4 rings (SSSR count). The summed E-state index contributed by atoms with van der Waals surface area (Å²) in [6, 6.07) is 0. The Kier molecular flexibility index (Phi) is 8.01. The van der Waals surface area contributed by atoms with E-state index in [2.05, 4.69) is 139 Å². The smallest absolute Gasteiger partial charge is 0.186 e. The Balaban J connectivity index is 2.07. The first-order valence-electron chi connectivity index (χ1n) is 13.7. The zero-order chi connectivity index (χ0) is 30.3. The minimum absolute atomic E-state index is 0.146. The van der Waals surface area contributed by atoms with Gasteiger partial charge >= 0.3 is 0 Å². The van der Waals surface area contributed by atoms with Crippen LogP contribution in [-0.4, -0.2) is 11.6 Å². The highest BCUT2D eigenvalue weighted by atomic mass is 79.9. The van der Waals surface area contributed by atoms with Crippen LogP contribution in [-0.2, 0) is 9.59 Å². The lowest BCUT2D eigenvalue weighted by molar-refractivity contribution is -0.114. The molecule has 2 aromatic rings. The van der Waals surface area contributed by atoms with Crippen LogP contribution >= 0.6 is 54.5 Å². The van der Waals surface area contributed by atoms with Gasteiger partial charge in [-0.25, -0.2) is 0 Å². The molecule has 2 nitrogen and oxygen atoms in total.